The van der Waals surface area contributed by atoms with E-state index in [1.54, 1.807) is 13.0 Å². The highest BCUT2D eigenvalue weighted by Gasteiger charge is 2.09. The van der Waals surface area contributed by atoms with E-state index in [9.17, 15) is 4.79 Å². The summed E-state index contributed by atoms with van der Waals surface area (Å²) in [6.45, 7) is 4.62. The minimum atomic E-state index is -0.0419. The summed E-state index contributed by atoms with van der Waals surface area (Å²) in [4.78, 5) is 11.4. The fraction of sp³-hybridized carbons (Fsp3) is 0.500. The predicted octanol–water partition coefficient (Wildman–Crippen LogP) is 2.12. The molecular weight excluding hydrogens is 166 g/mol. The lowest BCUT2D eigenvalue weighted by molar-refractivity contribution is 0.0951. The van der Waals surface area contributed by atoms with Crippen molar-refractivity contribution in [2.24, 2.45) is 0 Å². The number of furan rings is 1. The molecule has 1 amide bonds. The summed E-state index contributed by atoms with van der Waals surface area (Å²) in [5, 5.41) is 2.83. The van der Waals surface area contributed by atoms with Crippen LogP contribution in [0.5, 0.6) is 0 Å². The van der Waals surface area contributed by atoms with Gasteiger partial charge in [0.25, 0.3) is 5.91 Å². The average Bonchev–Trinajstić information content (AvgIpc) is 2.52. The van der Waals surface area contributed by atoms with Gasteiger partial charge in [0, 0.05) is 6.54 Å². The maximum absolute atomic E-state index is 11.4. The van der Waals surface area contributed by atoms with Crippen LogP contribution in [0, 0.1) is 6.92 Å². The van der Waals surface area contributed by atoms with Crippen molar-refractivity contribution in [3.8, 4) is 0 Å². The number of carbonyl (C=O) groups excluding carboxylic acids is 1. The molecule has 0 radical (unpaired) electrons. The van der Waals surface area contributed by atoms with Crippen molar-refractivity contribution in [1.82, 2.24) is 5.32 Å². The first-order valence-corrected chi connectivity index (χ1v) is 4.58. The molecule has 0 atom stereocenters. The summed E-state index contributed by atoms with van der Waals surface area (Å²) >= 11 is 0. The van der Waals surface area contributed by atoms with Crippen LogP contribution in [-0.2, 0) is 0 Å². The molecule has 0 saturated heterocycles. The molecule has 0 bridgehead atoms. The molecule has 0 unspecified atom stereocenters. The van der Waals surface area contributed by atoms with Crippen LogP contribution in [-0.4, -0.2) is 12.5 Å². The van der Waals surface area contributed by atoms with Crippen molar-refractivity contribution in [3.05, 3.63) is 23.7 Å². The molecule has 0 aliphatic heterocycles. The van der Waals surface area contributed by atoms with E-state index in [2.05, 4.69) is 12.2 Å². The fourth-order valence-electron chi connectivity index (χ4n) is 1.09. The number of aryl methyl sites for hydroxylation is 1. The normalized spacial score (nSPS) is 10.0. The molecule has 0 fully saturated rings. The van der Waals surface area contributed by atoms with Crippen LogP contribution in [0.15, 0.2) is 16.7 Å². The van der Waals surface area contributed by atoms with Crippen LogP contribution in [0.2, 0.25) is 0 Å². The van der Waals surface area contributed by atoms with Gasteiger partial charge in [-0.2, -0.15) is 0 Å². The predicted molar refractivity (Wildman–Crippen MR) is 50.7 cm³/mol. The summed E-state index contributed by atoms with van der Waals surface area (Å²) in [7, 11) is 0. The molecule has 1 heterocycles. The van der Waals surface area contributed by atoms with E-state index in [-0.39, 0.29) is 5.91 Å². The van der Waals surface area contributed by atoms with Crippen LogP contribution in [0.25, 0.3) is 0 Å². The molecule has 0 aromatic carbocycles. The monoisotopic (exact) mass is 181 g/mol. The van der Waals surface area contributed by atoms with Gasteiger partial charge in [0.1, 0.15) is 5.76 Å². The molecule has 1 aromatic rings. The van der Waals surface area contributed by atoms with E-state index in [1.165, 1.54) is 6.26 Å². The molecule has 13 heavy (non-hydrogen) atoms. The van der Waals surface area contributed by atoms with Crippen LogP contribution in [0.3, 0.4) is 0 Å². The first-order chi connectivity index (χ1) is 6.25. The lowest BCUT2D eigenvalue weighted by atomic mass is 10.2. The number of nitrogens with one attached hydrogen (secondary N) is 1. The Hall–Kier alpha value is -1.25. The SMILES string of the molecule is CCCCNC(=O)c1ccoc1C. The van der Waals surface area contributed by atoms with Crippen LogP contribution < -0.4 is 5.32 Å². The molecule has 1 rings (SSSR count). The second kappa shape index (κ2) is 4.70. The van der Waals surface area contributed by atoms with Gasteiger partial charge < -0.3 is 9.73 Å². The van der Waals surface area contributed by atoms with Crippen molar-refractivity contribution < 1.29 is 9.21 Å². The van der Waals surface area contributed by atoms with E-state index in [0.717, 1.165) is 19.4 Å². The molecule has 0 saturated carbocycles. The van der Waals surface area contributed by atoms with E-state index in [4.69, 9.17) is 4.42 Å². The number of rotatable bonds is 4. The standard InChI is InChI=1S/C10H15NO2/c1-3-4-6-11-10(12)9-5-7-13-8(9)2/h5,7H,3-4,6H2,1-2H3,(H,11,12). The lowest BCUT2D eigenvalue weighted by Gasteiger charge is -2.01. The van der Waals surface area contributed by atoms with E-state index < -0.39 is 0 Å². The third-order valence-electron chi connectivity index (χ3n) is 1.92. The first-order valence-electron chi connectivity index (χ1n) is 4.58. The molecule has 0 spiro atoms. The minimum absolute atomic E-state index is 0.0419. The fourth-order valence-corrected chi connectivity index (χ4v) is 1.09. The largest absolute Gasteiger partial charge is 0.469 e. The molecule has 1 aromatic heterocycles. The Morgan fingerprint density at radius 2 is 2.38 bits per heavy atom. The zero-order valence-corrected chi connectivity index (χ0v) is 8.09. The Morgan fingerprint density at radius 1 is 1.62 bits per heavy atom. The average molecular weight is 181 g/mol. The third kappa shape index (κ3) is 2.61. The van der Waals surface area contributed by atoms with Gasteiger partial charge in [-0.05, 0) is 19.4 Å². The maximum Gasteiger partial charge on any atom is 0.254 e. The molecule has 3 heteroatoms. The minimum Gasteiger partial charge on any atom is -0.469 e. The van der Waals surface area contributed by atoms with Gasteiger partial charge in [0.15, 0.2) is 0 Å². The molecule has 3 nitrogen and oxygen atoms in total. The van der Waals surface area contributed by atoms with Gasteiger partial charge in [0.05, 0.1) is 11.8 Å². The summed E-state index contributed by atoms with van der Waals surface area (Å²) in [6, 6.07) is 1.69. The zero-order valence-electron chi connectivity index (χ0n) is 8.09. The Kier molecular flexibility index (Phi) is 3.55. The zero-order chi connectivity index (χ0) is 9.68. The van der Waals surface area contributed by atoms with Crippen LogP contribution in [0.4, 0.5) is 0 Å². The second-order valence-corrected chi connectivity index (χ2v) is 3.00. The lowest BCUT2D eigenvalue weighted by Crippen LogP contribution is -2.24. The van der Waals surface area contributed by atoms with Gasteiger partial charge in [-0.3, -0.25) is 4.79 Å². The Balaban J connectivity index is 2.45. The van der Waals surface area contributed by atoms with Crippen molar-refractivity contribution in [2.75, 3.05) is 6.54 Å². The van der Waals surface area contributed by atoms with Gasteiger partial charge in [-0.15, -0.1) is 0 Å². The Bertz CT molecular complexity index is 278. The molecular formula is C10H15NO2. The highest BCUT2D eigenvalue weighted by molar-refractivity contribution is 5.94. The Morgan fingerprint density at radius 3 is 2.92 bits per heavy atom. The highest BCUT2D eigenvalue weighted by Crippen LogP contribution is 2.07. The summed E-state index contributed by atoms with van der Waals surface area (Å²) in [5.74, 6) is 0.633. The first kappa shape index (κ1) is 9.84. The summed E-state index contributed by atoms with van der Waals surface area (Å²) in [5.41, 5.74) is 0.635. The van der Waals surface area contributed by atoms with Gasteiger partial charge in [-0.1, -0.05) is 13.3 Å². The van der Waals surface area contributed by atoms with Gasteiger partial charge in [0.2, 0.25) is 0 Å². The van der Waals surface area contributed by atoms with E-state index in [0.29, 0.717) is 11.3 Å². The quantitative estimate of drug-likeness (QED) is 0.723. The summed E-state index contributed by atoms with van der Waals surface area (Å²) < 4.78 is 5.03. The molecule has 72 valence electrons. The van der Waals surface area contributed by atoms with E-state index in [1.807, 2.05) is 0 Å². The smallest absolute Gasteiger partial charge is 0.254 e. The third-order valence-corrected chi connectivity index (χ3v) is 1.92. The van der Waals surface area contributed by atoms with Crippen molar-refractivity contribution in [1.29, 1.82) is 0 Å². The number of unbranched alkanes of at least 4 members (excludes halogenated alkanes) is 1. The number of hydrogen-bond donors (Lipinski definition) is 1. The van der Waals surface area contributed by atoms with Gasteiger partial charge >= 0.3 is 0 Å². The van der Waals surface area contributed by atoms with Crippen molar-refractivity contribution in [2.45, 2.75) is 26.7 Å². The van der Waals surface area contributed by atoms with Crippen LogP contribution in [0.1, 0.15) is 35.9 Å². The molecule has 0 aliphatic rings. The number of hydrogen-bond acceptors (Lipinski definition) is 2. The van der Waals surface area contributed by atoms with Gasteiger partial charge in [-0.25, -0.2) is 0 Å². The van der Waals surface area contributed by atoms with E-state index >= 15 is 0 Å². The Labute approximate surface area is 78.1 Å². The summed E-state index contributed by atoms with van der Waals surface area (Å²) in [6.07, 6.45) is 3.64. The molecule has 0 aliphatic carbocycles. The molecule has 1 N–H and O–H groups in total. The maximum atomic E-state index is 11.4. The van der Waals surface area contributed by atoms with Crippen LogP contribution >= 0.6 is 0 Å². The van der Waals surface area contributed by atoms with Crippen molar-refractivity contribution >= 4 is 5.91 Å². The van der Waals surface area contributed by atoms with Crippen molar-refractivity contribution in [3.63, 3.8) is 0 Å². The highest BCUT2D eigenvalue weighted by atomic mass is 16.3. The topological polar surface area (TPSA) is 42.2 Å². The second-order valence-electron chi connectivity index (χ2n) is 3.00. The number of amides is 1. The number of carbonyl (C=O) groups is 1.